The highest BCUT2D eigenvalue weighted by Crippen LogP contribution is 2.44. The molecular weight excluding hydrogens is 468 g/mol. The third kappa shape index (κ3) is 6.27. The van der Waals surface area contributed by atoms with E-state index < -0.39 is 6.10 Å². The Morgan fingerprint density at radius 2 is 1.49 bits per heavy atom. The fourth-order valence-corrected chi connectivity index (χ4v) is 5.04. The van der Waals surface area contributed by atoms with Crippen molar-refractivity contribution in [1.29, 1.82) is 0 Å². The highest BCUT2D eigenvalue weighted by atomic mass is 16.5. The van der Waals surface area contributed by atoms with Gasteiger partial charge in [0.25, 0.3) is 0 Å². The van der Waals surface area contributed by atoms with Crippen LogP contribution in [0.4, 0.5) is 0 Å². The molecule has 0 radical (unpaired) electrons. The molecular formula is C31H36O6. The van der Waals surface area contributed by atoms with Crippen LogP contribution in [0.25, 0.3) is 6.08 Å². The van der Waals surface area contributed by atoms with Crippen LogP contribution in [0, 0.1) is 11.8 Å². The molecule has 0 saturated carbocycles. The van der Waals surface area contributed by atoms with E-state index in [0.29, 0.717) is 29.6 Å². The molecule has 1 fully saturated rings. The van der Waals surface area contributed by atoms with Crippen LogP contribution in [-0.2, 0) is 4.74 Å². The lowest BCUT2D eigenvalue weighted by Gasteiger charge is -2.38. The minimum Gasteiger partial charge on any atom is -0.493 e. The maximum atomic E-state index is 11.1. The highest BCUT2D eigenvalue weighted by Gasteiger charge is 2.35. The standard InChI is InChI=1S/C31H36O6/c1-33-26-15-13-21(17-28(26)35-3)9-8-12-23-18-25(30(32)22-10-6-5-7-11-22)20-37-31(23)24-14-16-27(34-2)29(19-24)36-4/h5-11,13-17,19,23,25,30-32H,12,18,20H2,1-4H3/b9-8+/t23-,25+,30-,31-/m0/s1. The van der Waals surface area contributed by atoms with Gasteiger partial charge in [-0.3, -0.25) is 0 Å². The van der Waals surface area contributed by atoms with E-state index in [1.165, 1.54) is 0 Å². The lowest BCUT2D eigenvalue weighted by Crippen LogP contribution is -2.32. The first-order valence-electron chi connectivity index (χ1n) is 12.5. The van der Waals surface area contributed by atoms with Gasteiger partial charge >= 0.3 is 0 Å². The molecule has 6 heteroatoms. The van der Waals surface area contributed by atoms with Gasteiger partial charge in [-0.1, -0.05) is 54.6 Å². The second-order valence-electron chi connectivity index (χ2n) is 9.23. The zero-order chi connectivity index (χ0) is 26.2. The fraction of sp³-hybridized carbons (Fsp3) is 0.355. The van der Waals surface area contributed by atoms with Crippen LogP contribution in [0.15, 0.2) is 72.8 Å². The van der Waals surface area contributed by atoms with Crippen molar-refractivity contribution in [3.05, 3.63) is 89.5 Å². The van der Waals surface area contributed by atoms with Gasteiger partial charge in [0.15, 0.2) is 23.0 Å². The lowest BCUT2D eigenvalue weighted by molar-refractivity contribution is -0.0900. The van der Waals surface area contributed by atoms with Gasteiger partial charge in [-0.2, -0.15) is 0 Å². The molecule has 0 aliphatic carbocycles. The van der Waals surface area contributed by atoms with Crippen molar-refractivity contribution in [3.8, 4) is 23.0 Å². The van der Waals surface area contributed by atoms with Crippen molar-refractivity contribution in [3.63, 3.8) is 0 Å². The van der Waals surface area contributed by atoms with Crippen molar-refractivity contribution in [1.82, 2.24) is 0 Å². The molecule has 3 aromatic rings. The molecule has 4 rings (SSSR count). The molecule has 1 N–H and O–H groups in total. The van der Waals surface area contributed by atoms with Crippen molar-refractivity contribution in [2.45, 2.75) is 25.0 Å². The molecule has 0 spiro atoms. The number of allylic oxidation sites excluding steroid dienone is 1. The van der Waals surface area contributed by atoms with Gasteiger partial charge in [0.1, 0.15) is 0 Å². The van der Waals surface area contributed by atoms with Gasteiger partial charge in [-0.25, -0.2) is 0 Å². The monoisotopic (exact) mass is 504 g/mol. The molecule has 196 valence electrons. The van der Waals surface area contributed by atoms with Crippen LogP contribution in [0.2, 0.25) is 0 Å². The summed E-state index contributed by atoms with van der Waals surface area (Å²) in [4.78, 5) is 0. The van der Waals surface area contributed by atoms with E-state index in [2.05, 4.69) is 12.2 Å². The molecule has 1 heterocycles. The van der Waals surface area contributed by atoms with E-state index in [1.54, 1.807) is 28.4 Å². The number of hydrogen-bond donors (Lipinski definition) is 1. The zero-order valence-electron chi connectivity index (χ0n) is 21.9. The Kier molecular flexibility index (Phi) is 9.09. The van der Waals surface area contributed by atoms with Gasteiger partial charge in [-0.05, 0) is 59.7 Å². The predicted molar refractivity (Wildman–Crippen MR) is 144 cm³/mol. The van der Waals surface area contributed by atoms with E-state index >= 15 is 0 Å². The summed E-state index contributed by atoms with van der Waals surface area (Å²) in [5.74, 6) is 2.91. The summed E-state index contributed by atoms with van der Waals surface area (Å²) in [7, 11) is 6.53. The SMILES string of the molecule is COc1ccc(/C=C/C[C@H]2C[C@@H]([C@@H](O)c3ccccc3)CO[C@@H]2c2ccc(OC)c(OC)c2)cc1OC. The Morgan fingerprint density at radius 1 is 0.838 bits per heavy atom. The molecule has 4 atom stereocenters. The Labute approximate surface area is 219 Å². The number of hydrogen-bond acceptors (Lipinski definition) is 6. The number of benzene rings is 3. The average molecular weight is 505 g/mol. The van der Waals surface area contributed by atoms with Crippen molar-refractivity contribution >= 4 is 6.08 Å². The van der Waals surface area contributed by atoms with Crippen LogP contribution in [0.5, 0.6) is 23.0 Å². The van der Waals surface area contributed by atoms with E-state index in [0.717, 1.165) is 29.5 Å². The Morgan fingerprint density at radius 3 is 2.16 bits per heavy atom. The Balaban J connectivity index is 1.57. The van der Waals surface area contributed by atoms with Crippen molar-refractivity contribution < 1.29 is 28.8 Å². The molecule has 6 nitrogen and oxygen atoms in total. The summed E-state index contributed by atoms with van der Waals surface area (Å²) in [6, 6.07) is 21.6. The van der Waals surface area contributed by atoms with Crippen molar-refractivity contribution in [2.75, 3.05) is 35.0 Å². The number of methoxy groups -OCH3 is 4. The Hall–Kier alpha value is -3.48. The van der Waals surface area contributed by atoms with E-state index in [4.69, 9.17) is 23.7 Å². The number of ether oxygens (including phenoxy) is 5. The van der Waals surface area contributed by atoms with E-state index in [9.17, 15) is 5.11 Å². The molecule has 1 saturated heterocycles. The van der Waals surface area contributed by atoms with Gasteiger partial charge in [0.2, 0.25) is 0 Å². The summed E-state index contributed by atoms with van der Waals surface area (Å²) < 4.78 is 28.2. The zero-order valence-corrected chi connectivity index (χ0v) is 21.9. The number of aliphatic hydroxyl groups is 1. The summed E-state index contributed by atoms with van der Waals surface area (Å²) in [6.07, 6.45) is 5.15. The summed E-state index contributed by atoms with van der Waals surface area (Å²) in [5, 5.41) is 11.1. The largest absolute Gasteiger partial charge is 0.493 e. The quantitative estimate of drug-likeness (QED) is 0.352. The van der Waals surface area contributed by atoms with Crippen molar-refractivity contribution in [2.24, 2.45) is 11.8 Å². The van der Waals surface area contributed by atoms with Gasteiger partial charge in [0, 0.05) is 5.92 Å². The highest BCUT2D eigenvalue weighted by molar-refractivity contribution is 5.56. The molecule has 0 bridgehead atoms. The molecule has 0 unspecified atom stereocenters. The summed E-state index contributed by atoms with van der Waals surface area (Å²) >= 11 is 0. The minimum absolute atomic E-state index is 0.00160. The van der Waals surface area contributed by atoms with Crippen LogP contribution < -0.4 is 18.9 Å². The topological polar surface area (TPSA) is 66.4 Å². The third-order valence-electron chi connectivity index (χ3n) is 7.00. The minimum atomic E-state index is -0.579. The lowest BCUT2D eigenvalue weighted by atomic mass is 9.79. The van der Waals surface area contributed by atoms with Crippen LogP contribution >= 0.6 is 0 Å². The average Bonchev–Trinajstić information content (AvgIpc) is 2.96. The second-order valence-corrected chi connectivity index (χ2v) is 9.23. The van der Waals surface area contributed by atoms with Gasteiger partial charge in [-0.15, -0.1) is 0 Å². The normalized spacial score (nSPS) is 20.4. The summed E-state index contributed by atoms with van der Waals surface area (Å²) in [6.45, 7) is 0.477. The predicted octanol–water partition coefficient (Wildman–Crippen LogP) is 6.25. The first-order valence-corrected chi connectivity index (χ1v) is 12.5. The fourth-order valence-electron chi connectivity index (χ4n) is 5.04. The second kappa shape index (κ2) is 12.7. The molecule has 1 aliphatic rings. The number of aliphatic hydroxyl groups excluding tert-OH is 1. The van der Waals surface area contributed by atoms with E-state index in [-0.39, 0.29) is 17.9 Å². The Bertz CT molecular complexity index is 1180. The molecule has 1 aliphatic heterocycles. The van der Waals surface area contributed by atoms with E-state index in [1.807, 2.05) is 66.7 Å². The third-order valence-corrected chi connectivity index (χ3v) is 7.00. The van der Waals surface area contributed by atoms with Crippen LogP contribution in [0.1, 0.15) is 41.7 Å². The molecule has 3 aromatic carbocycles. The number of rotatable bonds is 10. The maximum absolute atomic E-state index is 11.1. The smallest absolute Gasteiger partial charge is 0.161 e. The first-order chi connectivity index (χ1) is 18.1. The molecule has 37 heavy (non-hydrogen) atoms. The molecule has 0 aromatic heterocycles. The molecule has 0 amide bonds. The van der Waals surface area contributed by atoms with Crippen LogP contribution in [0.3, 0.4) is 0 Å². The summed E-state index contributed by atoms with van der Waals surface area (Å²) in [5.41, 5.74) is 2.98. The van der Waals surface area contributed by atoms with Gasteiger partial charge in [0.05, 0.1) is 47.3 Å². The van der Waals surface area contributed by atoms with Gasteiger partial charge < -0.3 is 28.8 Å². The maximum Gasteiger partial charge on any atom is 0.161 e. The first kappa shape index (κ1) is 26.6. The van der Waals surface area contributed by atoms with Crippen LogP contribution in [-0.4, -0.2) is 40.2 Å².